The van der Waals surface area contributed by atoms with Crippen LogP contribution in [0.15, 0.2) is 18.2 Å². The van der Waals surface area contributed by atoms with E-state index in [-0.39, 0.29) is 23.6 Å². The molecule has 0 bridgehead atoms. The smallest absolute Gasteiger partial charge is 0.347 e. The number of halogens is 1. The molecule has 0 saturated heterocycles. The molecule has 0 amide bonds. The molecular weight excluding hydrogens is 386 g/mol. The number of rotatable bonds is 9. The molecule has 24 heavy (non-hydrogen) atoms. The number of hydrogen-bond donors (Lipinski definition) is 0. The molecule has 1 atom stereocenters. The second-order valence-electron chi connectivity index (χ2n) is 4.62. The summed E-state index contributed by atoms with van der Waals surface area (Å²) in [5, 5.41) is 11.8. The van der Waals surface area contributed by atoms with Gasteiger partial charge in [-0.2, -0.15) is 0 Å². The lowest BCUT2D eigenvalue weighted by molar-refractivity contribution is -0.386. The number of hydrogen-bond acceptors (Lipinski definition) is 7. The van der Waals surface area contributed by atoms with Crippen LogP contribution in [0, 0.1) is 10.1 Å². The van der Waals surface area contributed by atoms with Crippen molar-refractivity contribution in [3.8, 4) is 5.75 Å². The van der Waals surface area contributed by atoms with Crippen molar-refractivity contribution in [2.45, 2.75) is 25.9 Å². The van der Waals surface area contributed by atoms with E-state index in [0.717, 1.165) is 6.07 Å². The number of nitrogens with zero attached hydrogens (tertiary/aromatic N) is 1. The van der Waals surface area contributed by atoms with E-state index in [9.17, 15) is 19.7 Å². The Bertz CT molecular complexity index is 605. The molecular formula is C15H18BrNO7. The Labute approximate surface area is 147 Å². The molecule has 0 fully saturated rings. The van der Waals surface area contributed by atoms with Gasteiger partial charge >= 0.3 is 17.6 Å². The van der Waals surface area contributed by atoms with Crippen molar-refractivity contribution < 1.29 is 28.7 Å². The van der Waals surface area contributed by atoms with Crippen LogP contribution in [0.2, 0.25) is 0 Å². The first-order valence-electron chi connectivity index (χ1n) is 7.20. The third kappa shape index (κ3) is 5.48. The first kappa shape index (κ1) is 19.9. The van der Waals surface area contributed by atoms with Gasteiger partial charge in [0.25, 0.3) is 0 Å². The summed E-state index contributed by atoms with van der Waals surface area (Å²) in [6.45, 7) is 1.82. The van der Waals surface area contributed by atoms with E-state index in [1.165, 1.54) is 19.2 Å². The zero-order valence-corrected chi connectivity index (χ0v) is 14.9. The summed E-state index contributed by atoms with van der Waals surface area (Å²) in [5.74, 6) is -1.46. The number of alkyl halides is 1. The Morgan fingerprint density at radius 3 is 2.62 bits per heavy atom. The summed E-state index contributed by atoms with van der Waals surface area (Å²) in [7, 11) is 1.20. The second-order valence-corrected chi connectivity index (χ2v) is 5.41. The third-order valence-electron chi connectivity index (χ3n) is 3.00. The van der Waals surface area contributed by atoms with E-state index < -0.39 is 23.0 Å². The fraction of sp³-hybridized carbons (Fsp3) is 0.467. The van der Waals surface area contributed by atoms with E-state index in [0.29, 0.717) is 18.2 Å². The molecule has 1 aromatic carbocycles. The van der Waals surface area contributed by atoms with E-state index >= 15 is 0 Å². The van der Waals surface area contributed by atoms with Crippen LogP contribution in [0.3, 0.4) is 0 Å². The van der Waals surface area contributed by atoms with E-state index in [4.69, 9.17) is 9.47 Å². The predicted octanol–water partition coefficient (Wildman–Crippen LogP) is 2.87. The first-order chi connectivity index (χ1) is 11.4. The Kier molecular flexibility index (Phi) is 8.17. The number of carbonyl (C=O) groups is 2. The molecule has 0 aliphatic heterocycles. The van der Waals surface area contributed by atoms with Gasteiger partial charge in [-0.15, -0.1) is 0 Å². The highest BCUT2D eigenvalue weighted by atomic mass is 79.9. The van der Waals surface area contributed by atoms with Gasteiger partial charge in [0, 0.05) is 17.5 Å². The van der Waals surface area contributed by atoms with Crippen LogP contribution in [0.1, 0.15) is 30.1 Å². The summed E-state index contributed by atoms with van der Waals surface area (Å²) in [6, 6.07) is 3.61. The van der Waals surface area contributed by atoms with Crippen molar-refractivity contribution >= 4 is 33.6 Å². The van der Waals surface area contributed by atoms with Gasteiger partial charge in [0.05, 0.1) is 24.2 Å². The minimum Gasteiger partial charge on any atom is -0.472 e. The molecule has 0 radical (unpaired) electrons. The maximum absolute atomic E-state index is 11.8. The van der Waals surface area contributed by atoms with Gasteiger partial charge < -0.3 is 14.2 Å². The standard InChI is InChI=1S/C15H18BrNO7/c1-3-23-14(18)10-6-7-11(17(20)21)13(9-10)24-12(5-4-8-16)15(19)22-2/h6-7,9,12H,3-5,8H2,1-2H3. The second kappa shape index (κ2) is 9.86. The van der Waals surface area contributed by atoms with Crippen molar-refractivity contribution in [1.29, 1.82) is 0 Å². The zero-order valence-electron chi connectivity index (χ0n) is 13.3. The summed E-state index contributed by atoms with van der Waals surface area (Å²) in [5.41, 5.74) is -0.252. The number of benzene rings is 1. The van der Waals surface area contributed by atoms with Crippen LogP contribution < -0.4 is 4.74 Å². The summed E-state index contributed by atoms with van der Waals surface area (Å²) in [6.07, 6.45) is -0.104. The lowest BCUT2D eigenvalue weighted by Gasteiger charge is -2.17. The van der Waals surface area contributed by atoms with Crippen LogP contribution >= 0.6 is 15.9 Å². The maximum atomic E-state index is 11.8. The quantitative estimate of drug-likeness (QED) is 0.270. The topological polar surface area (TPSA) is 105 Å². The lowest BCUT2D eigenvalue weighted by Crippen LogP contribution is -2.29. The predicted molar refractivity (Wildman–Crippen MR) is 88.5 cm³/mol. The van der Waals surface area contributed by atoms with Crippen LogP contribution in [-0.4, -0.2) is 42.0 Å². The van der Waals surface area contributed by atoms with Crippen molar-refractivity contribution in [2.75, 3.05) is 19.0 Å². The van der Waals surface area contributed by atoms with Gasteiger partial charge in [0.15, 0.2) is 11.9 Å². The van der Waals surface area contributed by atoms with Gasteiger partial charge in [0.2, 0.25) is 0 Å². The lowest BCUT2D eigenvalue weighted by atomic mass is 10.1. The van der Waals surface area contributed by atoms with Gasteiger partial charge in [0.1, 0.15) is 0 Å². The summed E-state index contributed by atoms with van der Waals surface area (Å²) in [4.78, 5) is 34.1. The Balaban J connectivity index is 3.15. The molecule has 1 rings (SSSR count). The van der Waals surface area contributed by atoms with Gasteiger partial charge in [-0.25, -0.2) is 9.59 Å². The number of ether oxygens (including phenoxy) is 3. The number of carbonyl (C=O) groups excluding carboxylic acids is 2. The fourth-order valence-electron chi connectivity index (χ4n) is 1.87. The number of nitro benzene ring substituents is 1. The van der Waals surface area contributed by atoms with Gasteiger partial charge in [-0.1, -0.05) is 15.9 Å². The monoisotopic (exact) mass is 403 g/mol. The molecule has 0 aromatic heterocycles. The van der Waals surface area contributed by atoms with Crippen LogP contribution in [0.25, 0.3) is 0 Å². The number of methoxy groups -OCH3 is 1. The molecule has 132 valence electrons. The highest BCUT2D eigenvalue weighted by molar-refractivity contribution is 9.09. The Morgan fingerprint density at radius 2 is 2.08 bits per heavy atom. The highest BCUT2D eigenvalue weighted by Crippen LogP contribution is 2.30. The summed E-state index contributed by atoms with van der Waals surface area (Å²) < 4.78 is 15.0. The SMILES string of the molecule is CCOC(=O)c1ccc([N+](=O)[O-])c(OC(CCCBr)C(=O)OC)c1. The van der Waals surface area contributed by atoms with Crippen molar-refractivity contribution in [1.82, 2.24) is 0 Å². The van der Waals surface area contributed by atoms with Crippen molar-refractivity contribution in [3.63, 3.8) is 0 Å². The van der Waals surface area contributed by atoms with E-state index in [2.05, 4.69) is 20.7 Å². The maximum Gasteiger partial charge on any atom is 0.347 e. The average molecular weight is 404 g/mol. The number of esters is 2. The van der Waals surface area contributed by atoms with Crippen molar-refractivity contribution in [2.24, 2.45) is 0 Å². The zero-order chi connectivity index (χ0) is 18.1. The fourth-order valence-corrected chi connectivity index (χ4v) is 2.20. The molecule has 0 aliphatic carbocycles. The molecule has 0 spiro atoms. The Morgan fingerprint density at radius 1 is 1.38 bits per heavy atom. The van der Waals surface area contributed by atoms with Crippen molar-refractivity contribution in [3.05, 3.63) is 33.9 Å². The highest BCUT2D eigenvalue weighted by Gasteiger charge is 2.26. The molecule has 0 aliphatic rings. The Hall–Kier alpha value is -2.16. The van der Waals surface area contributed by atoms with Crippen LogP contribution in [-0.2, 0) is 14.3 Å². The molecule has 1 aromatic rings. The van der Waals surface area contributed by atoms with Crippen LogP contribution in [0.5, 0.6) is 5.75 Å². The molecule has 8 nitrogen and oxygen atoms in total. The number of nitro groups is 1. The minimum atomic E-state index is -1.01. The van der Waals surface area contributed by atoms with Crippen LogP contribution in [0.4, 0.5) is 5.69 Å². The third-order valence-corrected chi connectivity index (χ3v) is 3.56. The van der Waals surface area contributed by atoms with Gasteiger partial charge in [-0.3, -0.25) is 10.1 Å². The molecule has 0 N–H and O–H groups in total. The minimum absolute atomic E-state index is 0.0987. The van der Waals surface area contributed by atoms with Gasteiger partial charge in [-0.05, 0) is 25.8 Å². The molecule has 1 unspecified atom stereocenters. The molecule has 0 heterocycles. The average Bonchev–Trinajstić information content (AvgIpc) is 2.57. The summed E-state index contributed by atoms with van der Waals surface area (Å²) >= 11 is 3.24. The van der Waals surface area contributed by atoms with E-state index in [1.807, 2.05) is 0 Å². The normalized spacial score (nSPS) is 11.5. The first-order valence-corrected chi connectivity index (χ1v) is 8.32. The molecule has 0 saturated carbocycles. The van der Waals surface area contributed by atoms with E-state index in [1.54, 1.807) is 6.92 Å². The largest absolute Gasteiger partial charge is 0.472 e. The molecule has 9 heteroatoms.